The van der Waals surface area contributed by atoms with Crippen molar-refractivity contribution in [1.29, 1.82) is 0 Å². The summed E-state index contributed by atoms with van der Waals surface area (Å²) in [6.45, 7) is 0. The van der Waals surface area contributed by atoms with Gasteiger partial charge in [-0.1, -0.05) is 0 Å². The molecule has 0 radical (unpaired) electrons. The summed E-state index contributed by atoms with van der Waals surface area (Å²) in [6, 6.07) is 3.65. The molecule has 0 aliphatic heterocycles. The Hall–Kier alpha value is -1.75. The molecule has 1 N–H and O–H groups in total. The smallest absolute Gasteiger partial charge is 0.313 e. The van der Waals surface area contributed by atoms with Crippen molar-refractivity contribution >= 4 is 17.3 Å². The second-order valence-corrected chi connectivity index (χ2v) is 4.25. The van der Waals surface area contributed by atoms with Crippen LogP contribution in [0, 0.1) is 0 Å². The third-order valence-corrected chi connectivity index (χ3v) is 3.13. The second-order valence-electron chi connectivity index (χ2n) is 3.32. The van der Waals surface area contributed by atoms with E-state index in [2.05, 4.69) is 9.97 Å². The van der Waals surface area contributed by atoms with E-state index in [1.54, 1.807) is 24.0 Å². The van der Waals surface area contributed by atoms with E-state index < -0.39 is 11.9 Å². The van der Waals surface area contributed by atoms with Gasteiger partial charge in [0.05, 0.1) is 0 Å². The highest BCUT2D eigenvalue weighted by atomic mass is 32.1. The van der Waals surface area contributed by atoms with Gasteiger partial charge >= 0.3 is 5.97 Å². The van der Waals surface area contributed by atoms with Crippen LogP contribution in [0.1, 0.15) is 16.5 Å². The van der Waals surface area contributed by atoms with Crippen molar-refractivity contribution in [3.8, 4) is 0 Å². The van der Waals surface area contributed by atoms with Crippen molar-refractivity contribution in [2.24, 2.45) is 0 Å². The number of rotatable bonds is 4. The molecule has 2 aromatic heterocycles. The van der Waals surface area contributed by atoms with Crippen LogP contribution in [0.4, 0.5) is 0 Å². The number of aliphatic carboxylic acids is 1. The zero-order valence-corrected chi connectivity index (χ0v) is 9.22. The number of carboxylic acid groups (broad SMARTS) is 1. The highest BCUT2D eigenvalue weighted by Crippen LogP contribution is 2.22. The SMILES string of the molecule is O=C(O)C(Cc1ccncc1)c1nccs1. The van der Waals surface area contributed by atoms with Gasteiger partial charge < -0.3 is 5.11 Å². The Balaban J connectivity index is 2.19. The summed E-state index contributed by atoms with van der Waals surface area (Å²) in [5.41, 5.74) is 0.956. The summed E-state index contributed by atoms with van der Waals surface area (Å²) in [7, 11) is 0. The monoisotopic (exact) mass is 234 g/mol. The lowest BCUT2D eigenvalue weighted by molar-refractivity contribution is -0.138. The van der Waals surface area contributed by atoms with Gasteiger partial charge in [-0.25, -0.2) is 4.98 Å². The Morgan fingerprint density at radius 3 is 2.69 bits per heavy atom. The lowest BCUT2D eigenvalue weighted by Gasteiger charge is -2.08. The molecular formula is C11H10N2O2S. The molecule has 0 spiro atoms. The van der Waals surface area contributed by atoms with Gasteiger partial charge in [-0.15, -0.1) is 11.3 Å². The van der Waals surface area contributed by atoms with Crippen molar-refractivity contribution < 1.29 is 9.90 Å². The van der Waals surface area contributed by atoms with E-state index >= 15 is 0 Å². The number of thiazole rings is 1. The zero-order chi connectivity index (χ0) is 11.4. The van der Waals surface area contributed by atoms with Crippen LogP contribution in [0.25, 0.3) is 0 Å². The minimum atomic E-state index is -0.841. The lowest BCUT2D eigenvalue weighted by Crippen LogP contribution is -2.14. The fourth-order valence-corrected chi connectivity index (χ4v) is 2.17. The molecule has 5 heteroatoms. The molecule has 0 amide bonds. The van der Waals surface area contributed by atoms with Gasteiger partial charge in [0, 0.05) is 24.0 Å². The second kappa shape index (κ2) is 4.85. The molecule has 82 valence electrons. The van der Waals surface area contributed by atoms with Crippen LogP contribution in [0.15, 0.2) is 36.1 Å². The van der Waals surface area contributed by atoms with Gasteiger partial charge in [-0.2, -0.15) is 0 Å². The Kier molecular flexibility index (Phi) is 3.26. The number of hydrogen-bond acceptors (Lipinski definition) is 4. The molecular weight excluding hydrogens is 224 g/mol. The fourth-order valence-electron chi connectivity index (χ4n) is 1.44. The Bertz CT molecular complexity index is 456. The van der Waals surface area contributed by atoms with E-state index in [1.807, 2.05) is 12.1 Å². The predicted molar refractivity (Wildman–Crippen MR) is 60.4 cm³/mol. The van der Waals surface area contributed by atoms with Crippen molar-refractivity contribution in [3.05, 3.63) is 46.7 Å². The Labute approximate surface area is 96.6 Å². The normalized spacial score (nSPS) is 12.2. The third kappa shape index (κ3) is 2.43. The highest BCUT2D eigenvalue weighted by molar-refractivity contribution is 7.09. The van der Waals surface area contributed by atoms with Crippen molar-refractivity contribution in [2.75, 3.05) is 0 Å². The van der Waals surface area contributed by atoms with E-state index in [0.29, 0.717) is 11.4 Å². The molecule has 0 saturated carbocycles. The maximum atomic E-state index is 11.2. The van der Waals surface area contributed by atoms with E-state index in [0.717, 1.165) is 5.56 Å². The van der Waals surface area contributed by atoms with E-state index in [1.165, 1.54) is 11.3 Å². The average molecular weight is 234 g/mol. The number of aromatic nitrogens is 2. The van der Waals surface area contributed by atoms with Gasteiger partial charge in [0.1, 0.15) is 10.9 Å². The Morgan fingerprint density at radius 1 is 1.38 bits per heavy atom. The fraction of sp³-hybridized carbons (Fsp3) is 0.182. The topological polar surface area (TPSA) is 63.1 Å². The quantitative estimate of drug-likeness (QED) is 0.878. The average Bonchev–Trinajstić information content (AvgIpc) is 2.80. The molecule has 1 atom stereocenters. The molecule has 0 aliphatic rings. The molecule has 1 unspecified atom stereocenters. The van der Waals surface area contributed by atoms with Gasteiger partial charge in [0.15, 0.2) is 0 Å². The third-order valence-electron chi connectivity index (χ3n) is 2.24. The molecule has 0 fully saturated rings. The van der Waals surface area contributed by atoms with E-state index in [-0.39, 0.29) is 0 Å². The standard InChI is InChI=1S/C11H10N2O2S/c14-11(15)9(10-13-5-6-16-10)7-8-1-3-12-4-2-8/h1-6,9H,7H2,(H,14,15). The largest absolute Gasteiger partial charge is 0.481 e. The highest BCUT2D eigenvalue weighted by Gasteiger charge is 2.22. The molecule has 0 bridgehead atoms. The molecule has 0 aromatic carbocycles. The first-order valence-corrected chi connectivity index (χ1v) is 5.66. The lowest BCUT2D eigenvalue weighted by atomic mass is 10.0. The van der Waals surface area contributed by atoms with Gasteiger partial charge in [0.25, 0.3) is 0 Å². The van der Waals surface area contributed by atoms with Crippen LogP contribution in [-0.2, 0) is 11.2 Å². The van der Waals surface area contributed by atoms with Crippen LogP contribution < -0.4 is 0 Å². The first-order valence-electron chi connectivity index (χ1n) is 4.78. The van der Waals surface area contributed by atoms with E-state index in [4.69, 9.17) is 5.11 Å². The van der Waals surface area contributed by atoms with Crippen LogP contribution in [-0.4, -0.2) is 21.0 Å². The van der Waals surface area contributed by atoms with Crippen LogP contribution in [0.5, 0.6) is 0 Å². The number of carbonyl (C=O) groups is 1. The minimum Gasteiger partial charge on any atom is -0.481 e. The molecule has 0 saturated heterocycles. The summed E-state index contributed by atoms with van der Waals surface area (Å²) in [4.78, 5) is 19.1. The molecule has 0 aliphatic carbocycles. The van der Waals surface area contributed by atoms with Gasteiger partial charge in [-0.05, 0) is 24.1 Å². The molecule has 2 heterocycles. The Morgan fingerprint density at radius 2 is 2.12 bits per heavy atom. The summed E-state index contributed by atoms with van der Waals surface area (Å²) in [5, 5.41) is 11.6. The maximum Gasteiger partial charge on any atom is 0.313 e. The summed E-state index contributed by atoms with van der Waals surface area (Å²) < 4.78 is 0. The van der Waals surface area contributed by atoms with Crippen molar-refractivity contribution in [1.82, 2.24) is 9.97 Å². The van der Waals surface area contributed by atoms with Crippen LogP contribution >= 0.6 is 11.3 Å². The summed E-state index contributed by atoms with van der Waals surface area (Å²) in [6.07, 6.45) is 5.40. The molecule has 2 rings (SSSR count). The number of hydrogen-bond donors (Lipinski definition) is 1. The van der Waals surface area contributed by atoms with Crippen LogP contribution in [0.2, 0.25) is 0 Å². The molecule has 16 heavy (non-hydrogen) atoms. The van der Waals surface area contributed by atoms with Crippen molar-refractivity contribution in [2.45, 2.75) is 12.3 Å². The minimum absolute atomic E-state index is 0.450. The van der Waals surface area contributed by atoms with Gasteiger partial charge in [0.2, 0.25) is 0 Å². The predicted octanol–water partition coefficient (Wildman–Crippen LogP) is 1.95. The molecule has 2 aromatic rings. The first-order chi connectivity index (χ1) is 7.77. The van der Waals surface area contributed by atoms with E-state index in [9.17, 15) is 4.79 Å². The van der Waals surface area contributed by atoms with Crippen LogP contribution in [0.3, 0.4) is 0 Å². The summed E-state index contributed by atoms with van der Waals surface area (Å²) in [5.74, 6) is -1.41. The molecule has 4 nitrogen and oxygen atoms in total. The van der Waals surface area contributed by atoms with Gasteiger partial charge in [-0.3, -0.25) is 9.78 Å². The van der Waals surface area contributed by atoms with Crippen molar-refractivity contribution in [3.63, 3.8) is 0 Å². The number of carboxylic acids is 1. The number of nitrogens with zero attached hydrogens (tertiary/aromatic N) is 2. The zero-order valence-electron chi connectivity index (χ0n) is 8.41. The number of pyridine rings is 1. The first kappa shape index (κ1) is 10.8. The summed E-state index contributed by atoms with van der Waals surface area (Å²) >= 11 is 1.37. The maximum absolute atomic E-state index is 11.2.